The molecule has 0 spiro atoms. The van der Waals surface area contributed by atoms with Crippen molar-refractivity contribution in [2.24, 2.45) is 5.92 Å². The maximum absolute atomic E-state index is 11.7. The molecule has 25 heavy (non-hydrogen) atoms. The summed E-state index contributed by atoms with van der Waals surface area (Å²) in [4.78, 5) is 23.3. The largest absolute Gasteiger partial charge is 0.492 e. The number of rotatable bonds is 6. The third-order valence-corrected chi connectivity index (χ3v) is 3.84. The van der Waals surface area contributed by atoms with E-state index in [9.17, 15) is 9.59 Å². The van der Waals surface area contributed by atoms with Gasteiger partial charge in [0.05, 0.1) is 7.11 Å². The van der Waals surface area contributed by atoms with Gasteiger partial charge in [0.25, 0.3) is 0 Å². The molecule has 0 aliphatic carbocycles. The monoisotopic (exact) mass is 344 g/mol. The van der Waals surface area contributed by atoms with Gasteiger partial charge in [-0.15, -0.1) is 0 Å². The van der Waals surface area contributed by atoms with Crippen molar-refractivity contribution in [2.75, 3.05) is 7.11 Å². The van der Waals surface area contributed by atoms with Crippen LogP contribution in [0.15, 0.2) is 24.3 Å². The van der Waals surface area contributed by atoms with E-state index in [0.717, 1.165) is 12.0 Å². The molecule has 0 aliphatic heterocycles. The quantitative estimate of drug-likeness (QED) is 0.578. The highest BCUT2D eigenvalue weighted by atomic mass is 16.6. The zero-order chi connectivity index (χ0) is 18.6. The molecule has 0 fully saturated rings. The van der Waals surface area contributed by atoms with Gasteiger partial charge in [-0.25, -0.2) is 0 Å². The van der Waals surface area contributed by atoms with Gasteiger partial charge in [0, 0.05) is 30.2 Å². The number of carbonyl (C=O) groups excluding carboxylic acids is 2. The Bertz CT molecular complexity index is 792. The standard InChI is InChI=1S/C20H24O5/c1-12(2)10-11-17-18(24-13(3)21)15-8-6-7-9-16(15)20(19(17)23-5)25-14(4)22/h6-9,12H,10-11H2,1-5H3. The smallest absolute Gasteiger partial charge is 0.308 e. The van der Waals surface area contributed by atoms with Gasteiger partial charge < -0.3 is 14.2 Å². The Labute approximate surface area is 147 Å². The Morgan fingerprint density at radius 2 is 1.44 bits per heavy atom. The van der Waals surface area contributed by atoms with Crippen LogP contribution in [-0.2, 0) is 16.0 Å². The van der Waals surface area contributed by atoms with Gasteiger partial charge in [-0.05, 0) is 18.8 Å². The number of carbonyl (C=O) groups is 2. The van der Waals surface area contributed by atoms with Gasteiger partial charge in [-0.1, -0.05) is 38.1 Å². The maximum Gasteiger partial charge on any atom is 0.308 e. The van der Waals surface area contributed by atoms with E-state index in [1.165, 1.54) is 21.0 Å². The van der Waals surface area contributed by atoms with Crippen molar-refractivity contribution in [3.8, 4) is 17.2 Å². The molecule has 0 amide bonds. The molecule has 5 heteroatoms. The van der Waals surface area contributed by atoms with Crippen LogP contribution in [0.4, 0.5) is 0 Å². The number of hydrogen-bond acceptors (Lipinski definition) is 5. The van der Waals surface area contributed by atoms with E-state index in [-0.39, 0.29) is 0 Å². The zero-order valence-corrected chi connectivity index (χ0v) is 15.3. The fraction of sp³-hybridized carbons (Fsp3) is 0.400. The first-order chi connectivity index (χ1) is 11.8. The van der Waals surface area contributed by atoms with Crippen LogP contribution in [0.5, 0.6) is 17.2 Å². The van der Waals surface area contributed by atoms with Crippen molar-refractivity contribution in [1.29, 1.82) is 0 Å². The Kier molecular flexibility index (Phi) is 6.02. The second kappa shape index (κ2) is 8.01. The highest BCUT2D eigenvalue weighted by Crippen LogP contribution is 2.46. The van der Waals surface area contributed by atoms with E-state index in [0.29, 0.717) is 40.4 Å². The normalized spacial score (nSPS) is 10.8. The molecule has 0 radical (unpaired) electrons. The molecule has 0 unspecified atom stereocenters. The Morgan fingerprint density at radius 3 is 1.92 bits per heavy atom. The molecule has 0 N–H and O–H groups in total. The van der Waals surface area contributed by atoms with Crippen LogP contribution in [0.1, 0.15) is 39.7 Å². The molecule has 2 rings (SSSR count). The minimum Gasteiger partial charge on any atom is -0.492 e. The lowest BCUT2D eigenvalue weighted by atomic mass is 9.96. The molecule has 0 saturated heterocycles. The van der Waals surface area contributed by atoms with Crippen LogP contribution < -0.4 is 14.2 Å². The van der Waals surface area contributed by atoms with E-state index in [4.69, 9.17) is 14.2 Å². The molecular formula is C20H24O5. The molecule has 0 aromatic heterocycles. The van der Waals surface area contributed by atoms with Crippen LogP contribution in [0, 0.1) is 5.92 Å². The second-order valence-corrected chi connectivity index (χ2v) is 6.34. The molecular weight excluding hydrogens is 320 g/mol. The molecule has 5 nitrogen and oxygen atoms in total. The summed E-state index contributed by atoms with van der Waals surface area (Å²) in [6.07, 6.45) is 1.52. The molecule has 0 atom stereocenters. The summed E-state index contributed by atoms with van der Waals surface area (Å²) in [5, 5.41) is 1.38. The fourth-order valence-electron chi connectivity index (χ4n) is 2.79. The molecule has 0 saturated carbocycles. The van der Waals surface area contributed by atoms with Crippen molar-refractivity contribution in [2.45, 2.75) is 40.5 Å². The summed E-state index contributed by atoms with van der Waals surface area (Å²) in [6, 6.07) is 7.35. The average molecular weight is 344 g/mol. The van der Waals surface area contributed by atoms with E-state index in [1.807, 2.05) is 24.3 Å². The van der Waals surface area contributed by atoms with E-state index < -0.39 is 11.9 Å². The number of fused-ring (bicyclic) bond motifs is 1. The first kappa shape index (κ1) is 18.8. The lowest BCUT2D eigenvalue weighted by Crippen LogP contribution is -2.10. The fourth-order valence-corrected chi connectivity index (χ4v) is 2.79. The highest BCUT2D eigenvalue weighted by molar-refractivity contribution is 5.99. The minimum atomic E-state index is -0.432. The van der Waals surface area contributed by atoms with Crippen LogP contribution in [-0.4, -0.2) is 19.0 Å². The van der Waals surface area contributed by atoms with Gasteiger partial charge in [0.15, 0.2) is 11.5 Å². The SMILES string of the molecule is COc1c(CCC(C)C)c(OC(C)=O)c2ccccc2c1OC(C)=O. The molecule has 0 heterocycles. The van der Waals surface area contributed by atoms with E-state index in [1.54, 1.807) is 0 Å². The molecule has 134 valence electrons. The zero-order valence-electron chi connectivity index (χ0n) is 15.3. The summed E-state index contributed by atoms with van der Waals surface area (Å²) in [6.45, 7) is 6.95. The van der Waals surface area contributed by atoms with E-state index in [2.05, 4.69) is 13.8 Å². The maximum atomic E-state index is 11.7. The summed E-state index contributed by atoms with van der Waals surface area (Å²) in [5.74, 6) is 0.887. The number of esters is 2. The first-order valence-corrected chi connectivity index (χ1v) is 8.33. The summed E-state index contributed by atoms with van der Waals surface area (Å²) in [7, 11) is 1.52. The molecule has 2 aromatic carbocycles. The van der Waals surface area contributed by atoms with Gasteiger partial charge >= 0.3 is 11.9 Å². The number of benzene rings is 2. The summed E-state index contributed by atoms with van der Waals surface area (Å²) >= 11 is 0. The van der Waals surface area contributed by atoms with Crippen LogP contribution in [0.3, 0.4) is 0 Å². The predicted molar refractivity (Wildman–Crippen MR) is 96.3 cm³/mol. The lowest BCUT2D eigenvalue weighted by molar-refractivity contribution is -0.133. The Hall–Kier alpha value is -2.56. The molecule has 2 aromatic rings. The van der Waals surface area contributed by atoms with Crippen LogP contribution in [0.2, 0.25) is 0 Å². The molecule has 0 bridgehead atoms. The Balaban J connectivity index is 2.81. The third-order valence-electron chi connectivity index (χ3n) is 3.84. The van der Waals surface area contributed by atoms with Crippen molar-refractivity contribution >= 4 is 22.7 Å². The highest BCUT2D eigenvalue weighted by Gasteiger charge is 2.24. The van der Waals surface area contributed by atoms with Gasteiger partial charge in [0.2, 0.25) is 0 Å². The topological polar surface area (TPSA) is 61.8 Å². The summed E-state index contributed by atoms with van der Waals surface area (Å²) in [5.41, 5.74) is 0.737. The minimum absolute atomic E-state index is 0.361. The van der Waals surface area contributed by atoms with Crippen molar-refractivity contribution < 1.29 is 23.8 Å². The second-order valence-electron chi connectivity index (χ2n) is 6.34. The summed E-state index contributed by atoms with van der Waals surface area (Å²) < 4.78 is 16.6. The lowest BCUT2D eigenvalue weighted by Gasteiger charge is -2.20. The van der Waals surface area contributed by atoms with Crippen LogP contribution in [0.25, 0.3) is 10.8 Å². The van der Waals surface area contributed by atoms with Crippen LogP contribution >= 0.6 is 0 Å². The third kappa shape index (κ3) is 4.29. The molecule has 0 aliphatic rings. The first-order valence-electron chi connectivity index (χ1n) is 8.33. The van der Waals surface area contributed by atoms with E-state index >= 15 is 0 Å². The predicted octanol–water partition coefficient (Wildman–Crippen LogP) is 4.29. The van der Waals surface area contributed by atoms with Gasteiger partial charge in [0.1, 0.15) is 5.75 Å². The van der Waals surface area contributed by atoms with Gasteiger partial charge in [-0.2, -0.15) is 0 Å². The van der Waals surface area contributed by atoms with Crippen molar-refractivity contribution in [3.05, 3.63) is 29.8 Å². The Morgan fingerprint density at radius 1 is 0.920 bits per heavy atom. The number of ether oxygens (including phenoxy) is 3. The van der Waals surface area contributed by atoms with Crippen molar-refractivity contribution in [1.82, 2.24) is 0 Å². The van der Waals surface area contributed by atoms with Crippen molar-refractivity contribution in [3.63, 3.8) is 0 Å². The van der Waals surface area contributed by atoms with Gasteiger partial charge in [-0.3, -0.25) is 9.59 Å². The number of hydrogen-bond donors (Lipinski definition) is 0. The average Bonchev–Trinajstić information content (AvgIpc) is 2.54. The number of methoxy groups -OCH3 is 1.